The van der Waals surface area contributed by atoms with E-state index in [9.17, 15) is 5.11 Å². The molecule has 0 bridgehead atoms. The monoisotopic (exact) mass is 520 g/mol. The summed E-state index contributed by atoms with van der Waals surface area (Å²) in [4.78, 5) is 0. The number of hydrogen-bond acceptors (Lipinski definition) is 8. The normalized spacial score (nSPS) is 24.8. The third-order valence-corrected chi connectivity index (χ3v) is 7.81. The van der Waals surface area contributed by atoms with Gasteiger partial charge in [0.05, 0.1) is 19.3 Å². The summed E-state index contributed by atoms with van der Waals surface area (Å²) >= 11 is 0. The molecule has 0 amide bonds. The van der Waals surface area contributed by atoms with E-state index in [2.05, 4.69) is 13.8 Å². The zero-order valence-electron chi connectivity index (χ0n) is 21.9. The predicted molar refractivity (Wildman–Crippen MR) is 138 cm³/mol. The van der Waals surface area contributed by atoms with E-state index < -0.39 is 12.2 Å². The Bertz CT molecular complexity index is 1320. The number of ether oxygens (including phenoxy) is 7. The van der Waals surface area contributed by atoms with Crippen molar-refractivity contribution in [3.8, 4) is 34.5 Å². The van der Waals surface area contributed by atoms with E-state index in [1.54, 1.807) is 19.2 Å². The highest BCUT2D eigenvalue weighted by atomic mass is 16.7. The van der Waals surface area contributed by atoms with Gasteiger partial charge in [-0.15, -0.1) is 0 Å². The van der Waals surface area contributed by atoms with Gasteiger partial charge in [0.1, 0.15) is 12.2 Å². The van der Waals surface area contributed by atoms with E-state index in [4.69, 9.17) is 33.2 Å². The fourth-order valence-corrected chi connectivity index (χ4v) is 5.40. The van der Waals surface area contributed by atoms with Gasteiger partial charge in [-0.05, 0) is 71.8 Å². The molecular formula is C30H32O8. The molecule has 0 radical (unpaired) electrons. The van der Waals surface area contributed by atoms with Gasteiger partial charge in [0.2, 0.25) is 13.6 Å². The summed E-state index contributed by atoms with van der Waals surface area (Å²) in [5.41, 5.74) is 2.78. The summed E-state index contributed by atoms with van der Waals surface area (Å²) in [5.74, 6) is 4.52. The van der Waals surface area contributed by atoms with Gasteiger partial charge in [0.25, 0.3) is 0 Å². The average molecular weight is 521 g/mol. The molecule has 1 saturated heterocycles. The first kappa shape index (κ1) is 24.7. The van der Waals surface area contributed by atoms with Gasteiger partial charge < -0.3 is 38.3 Å². The maximum absolute atomic E-state index is 10.9. The maximum atomic E-state index is 10.9. The Morgan fingerprint density at radius 3 is 2.00 bits per heavy atom. The van der Waals surface area contributed by atoms with Crippen molar-refractivity contribution in [2.75, 3.05) is 20.7 Å². The Morgan fingerprint density at radius 2 is 1.32 bits per heavy atom. The second-order valence-corrected chi connectivity index (χ2v) is 10.1. The van der Waals surface area contributed by atoms with Crippen LogP contribution in [0.15, 0.2) is 54.6 Å². The van der Waals surface area contributed by atoms with Gasteiger partial charge in [-0.2, -0.15) is 0 Å². The summed E-state index contributed by atoms with van der Waals surface area (Å²) < 4.78 is 40.3. The summed E-state index contributed by atoms with van der Waals surface area (Å²) in [7, 11) is 1.61. The number of benzene rings is 3. The molecule has 3 aromatic rings. The largest absolute Gasteiger partial charge is 0.493 e. The fourth-order valence-electron chi connectivity index (χ4n) is 5.40. The van der Waals surface area contributed by atoms with Crippen LogP contribution in [0.1, 0.15) is 55.8 Å². The minimum atomic E-state index is -0.865. The molecule has 8 heteroatoms. The van der Waals surface area contributed by atoms with Crippen LogP contribution in [0, 0.1) is 11.8 Å². The quantitative estimate of drug-likeness (QED) is 0.422. The zero-order chi connectivity index (χ0) is 26.4. The smallest absolute Gasteiger partial charge is 0.231 e. The fraction of sp³-hybridized carbons (Fsp3) is 0.400. The van der Waals surface area contributed by atoms with Crippen LogP contribution < -0.4 is 28.4 Å². The summed E-state index contributed by atoms with van der Waals surface area (Å²) in [5, 5.41) is 10.9. The average Bonchev–Trinajstić information content (AvgIpc) is 3.67. The molecular weight excluding hydrogens is 488 g/mol. The third-order valence-electron chi connectivity index (χ3n) is 7.81. The third kappa shape index (κ3) is 4.37. The van der Waals surface area contributed by atoms with E-state index in [1.807, 2.05) is 49.4 Å². The first-order chi connectivity index (χ1) is 18.4. The minimum absolute atomic E-state index is 0.0664. The highest BCUT2D eigenvalue weighted by Gasteiger charge is 2.41. The van der Waals surface area contributed by atoms with E-state index in [1.165, 1.54) is 0 Å². The number of rotatable bonds is 7. The van der Waals surface area contributed by atoms with Crippen molar-refractivity contribution in [1.82, 2.24) is 0 Å². The number of aliphatic hydroxyl groups is 1. The lowest BCUT2D eigenvalue weighted by Gasteiger charge is -2.23. The number of hydrogen-bond donors (Lipinski definition) is 1. The molecule has 38 heavy (non-hydrogen) atoms. The Hall–Kier alpha value is -3.62. The highest BCUT2D eigenvalue weighted by Crippen LogP contribution is 2.51. The van der Waals surface area contributed by atoms with Crippen LogP contribution in [-0.2, 0) is 4.74 Å². The van der Waals surface area contributed by atoms with Crippen molar-refractivity contribution in [2.24, 2.45) is 11.8 Å². The van der Waals surface area contributed by atoms with Crippen LogP contribution in [-0.4, -0.2) is 31.9 Å². The zero-order valence-corrected chi connectivity index (χ0v) is 21.9. The van der Waals surface area contributed by atoms with Crippen LogP contribution >= 0.6 is 0 Å². The first-order valence-corrected chi connectivity index (χ1v) is 12.9. The molecule has 0 aromatic heterocycles. The van der Waals surface area contributed by atoms with Crippen molar-refractivity contribution < 1.29 is 38.3 Å². The summed E-state index contributed by atoms with van der Waals surface area (Å²) in [6, 6.07) is 17.3. The highest BCUT2D eigenvalue weighted by molar-refractivity contribution is 5.47. The molecule has 0 aliphatic carbocycles. The van der Waals surface area contributed by atoms with Crippen molar-refractivity contribution >= 4 is 0 Å². The summed E-state index contributed by atoms with van der Waals surface area (Å²) in [6.07, 6.45) is -1.58. The predicted octanol–water partition coefficient (Wildman–Crippen LogP) is 5.74. The Balaban J connectivity index is 1.18. The Morgan fingerprint density at radius 1 is 0.737 bits per heavy atom. The van der Waals surface area contributed by atoms with Crippen molar-refractivity contribution in [3.05, 3.63) is 71.3 Å². The van der Waals surface area contributed by atoms with Crippen molar-refractivity contribution in [3.63, 3.8) is 0 Å². The maximum Gasteiger partial charge on any atom is 0.231 e. The molecule has 6 rings (SSSR count). The molecule has 8 nitrogen and oxygen atoms in total. The number of methoxy groups -OCH3 is 1. The van der Waals surface area contributed by atoms with E-state index in [0.29, 0.717) is 34.5 Å². The van der Waals surface area contributed by atoms with E-state index in [-0.39, 0.29) is 31.7 Å². The van der Waals surface area contributed by atoms with Gasteiger partial charge in [-0.3, -0.25) is 0 Å². The molecule has 1 fully saturated rings. The lowest BCUT2D eigenvalue weighted by molar-refractivity contribution is 0.0285. The Kier molecular flexibility index (Phi) is 6.45. The van der Waals surface area contributed by atoms with E-state index >= 15 is 0 Å². The molecule has 0 spiro atoms. The molecule has 3 heterocycles. The van der Waals surface area contributed by atoms with Crippen LogP contribution in [0.4, 0.5) is 0 Å². The van der Waals surface area contributed by atoms with Gasteiger partial charge in [0.15, 0.2) is 34.5 Å². The van der Waals surface area contributed by atoms with Crippen molar-refractivity contribution in [1.29, 1.82) is 0 Å². The SMILES string of the molecule is COc1cc([C@H]2O[C@H](c3ccc4c(c3)OCO4)[C@H](C)[C@H]2C)ccc1OC(C)C(O)c1ccc2c(c1)OCO2. The molecule has 3 aliphatic heterocycles. The number of fused-ring (bicyclic) bond motifs is 2. The minimum Gasteiger partial charge on any atom is -0.493 e. The van der Waals surface area contributed by atoms with Gasteiger partial charge in [-0.1, -0.05) is 32.0 Å². The molecule has 3 aromatic carbocycles. The van der Waals surface area contributed by atoms with Gasteiger partial charge in [0, 0.05) is 0 Å². The topological polar surface area (TPSA) is 84.8 Å². The lowest BCUT2D eigenvalue weighted by atomic mass is 9.85. The van der Waals surface area contributed by atoms with Gasteiger partial charge >= 0.3 is 0 Å². The Labute approximate surface area is 221 Å². The van der Waals surface area contributed by atoms with Crippen LogP contribution in [0.2, 0.25) is 0 Å². The second kappa shape index (κ2) is 9.93. The van der Waals surface area contributed by atoms with Crippen LogP contribution in [0.3, 0.4) is 0 Å². The standard InChI is InChI=1S/C30H32O8/c1-16-17(2)30(21-6-9-23-27(13-21)36-15-34-23)38-29(16)20-7-10-24(25(12-20)32-4)37-18(3)28(31)19-5-8-22-26(11-19)35-14-33-22/h5-13,16-18,28-31H,14-15H2,1-4H3/t16-,17-,18?,28?,29+,30+/m1/s1. The number of aliphatic hydroxyl groups excluding tert-OH is 1. The summed E-state index contributed by atoms with van der Waals surface area (Å²) in [6.45, 7) is 6.68. The molecule has 200 valence electrons. The lowest BCUT2D eigenvalue weighted by Crippen LogP contribution is -2.22. The first-order valence-electron chi connectivity index (χ1n) is 12.9. The van der Waals surface area contributed by atoms with Crippen LogP contribution in [0.5, 0.6) is 34.5 Å². The molecule has 3 aliphatic rings. The van der Waals surface area contributed by atoms with E-state index in [0.717, 1.165) is 22.6 Å². The van der Waals surface area contributed by atoms with Gasteiger partial charge in [-0.25, -0.2) is 0 Å². The molecule has 6 atom stereocenters. The molecule has 0 saturated carbocycles. The molecule has 2 unspecified atom stereocenters. The van der Waals surface area contributed by atoms with Crippen LogP contribution in [0.25, 0.3) is 0 Å². The van der Waals surface area contributed by atoms with Crippen molar-refractivity contribution in [2.45, 2.75) is 45.2 Å². The second-order valence-electron chi connectivity index (χ2n) is 10.1. The molecule has 1 N–H and O–H groups in total.